The number of carbonyl (C=O) groups is 2. The summed E-state index contributed by atoms with van der Waals surface area (Å²) < 4.78 is 11.3. The van der Waals surface area contributed by atoms with E-state index in [1.54, 1.807) is 31.5 Å². The number of rotatable bonds is 8. The lowest BCUT2D eigenvalue weighted by Gasteiger charge is -2.39. The van der Waals surface area contributed by atoms with Crippen molar-refractivity contribution in [1.82, 2.24) is 15.2 Å². The number of fused-ring (bicyclic) bond motifs is 1. The van der Waals surface area contributed by atoms with Gasteiger partial charge < -0.3 is 20.5 Å². The molecule has 2 aliphatic rings. The van der Waals surface area contributed by atoms with Crippen molar-refractivity contribution < 1.29 is 19.1 Å². The number of hydrogen-bond acceptors (Lipinski definition) is 7. The third-order valence-corrected chi connectivity index (χ3v) is 7.36. The molecule has 2 aromatic rings. The zero-order valence-electron chi connectivity index (χ0n) is 23.7. The van der Waals surface area contributed by atoms with E-state index in [0.29, 0.717) is 24.2 Å². The lowest BCUT2D eigenvalue weighted by molar-refractivity contribution is -0.130. The van der Waals surface area contributed by atoms with Crippen molar-refractivity contribution in [2.45, 2.75) is 63.8 Å². The number of carbonyl (C=O) groups excluding carboxylic acids is 2. The van der Waals surface area contributed by atoms with Gasteiger partial charge in [-0.15, -0.1) is 6.42 Å². The molecule has 3 N–H and O–H groups in total. The Balaban J connectivity index is 1.66. The van der Waals surface area contributed by atoms with Crippen LogP contribution in [-0.2, 0) is 9.53 Å². The Bertz CT molecular complexity index is 1380. The van der Waals surface area contributed by atoms with Crippen LogP contribution in [0.4, 0.5) is 0 Å². The van der Waals surface area contributed by atoms with Crippen molar-refractivity contribution in [3.63, 3.8) is 0 Å². The number of methoxy groups -OCH3 is 1. The highest BCUT2D eigenvalue weighted by molar-refractivity contribution is 6.00. The minimum absolute atomic E-state index is 0.0169. The summed E-state index contributed by atoms with van der Waals surface area (Å²) in [5, 5.41) is 3.15. The molecule has 0 saturated carbocycles. The number of amides is 2. The van der Waals surface area contributed by atoms with Crippen LogP contribution in [0.1, 0.15) is 74.1 Å². The van der Waals surface area contributed by atoms with Gasteiger partial charge in [0.2, 0.25) is 5.91 Å². The number of hydrogen-bond donors (Lipinski definition) is 2. The average Bonchev–Trinajstić information content (AvgIpc) is 2.91. The lowest BCUT2D eigenvalue weighted by atomic mass is 9.83. The second-order valence-corrected chi connectivity index (χ2v) is 11.1. The van der Waals surface area contributed by atoms with Crippen LogP contribution in [0.15, 0.2) is 59.9 Å². The highest BCUT2D eigenvalue weighted by atomic mass is 16.5. The maximum Gasteiger partial charge on any atom is 0.253 e. The molecule has 2 aliphatic heterocycles. The maximum atomic E-state index is 13.5. The molecule has 9 heteroatoms. The largest absolute Gasteiger partial charge is 0.487 e. The maximum absolute atomic E-state index is 13.5. The summed E-state index contributed by atoms with van der Waals surface area (Å²) in [6.07, 6.45) is 13.1. The number of para-hydroxylation sites is 1. The van der Waals surface area contributed by atoms with E-state index in [4.69, 9.17) is 21.6 Å². The highest BCUT2D eigenvalue weighted by Gasteiger charge is 2.43. The Morgan fingerprint density at radius 3 is 2.77 bits per heavy atom. The molecule has 0 radical (unpaired) electrons. The molecule has 210 valence electrons. The molecule has 0 spiro atoms. The van der Waals surface area contributed by atoms with Crippen LogP contribution >= 0.6 is 0 Å². The Morgan fingerprint density at radius 1 is 1.35 bits per heavy atom. The van der Waals surface area contributed by atoms with Crippen LogP contribution in [0, 0.1) is 18.3 Å². The Kier molecular flexibility index (Phi) is 8.31. The van der Waals surface area contributed by atoms with Crippen molar-refractivity contribution in [2.24, 2.45) is 16.6 Å². The molecule has 0 aliphatic carbocycles. The summed E-state index contributed by atoms with van der Waals surface area (Å²) in [7, 11) is 1.58. The fraction of sp³-hybridized carbons (Fsp3) is 0.419. The normalized spacial score (nSPS) is 22.7. The topological polar surface area (TPSA) is 119 Å². The molecule has 40 heavy (non-hydrogen) atoms. The first-order chi connectivity index (χ1) is 19.0. The van der Waals surface area contributed by atoms with E-state index in [2.05, 4.69) is 21.2 Å². The Hall–Kier alpha value is -4.16. The van der Waals surface area contributed by atoms with Gasteiger partial charge in [0.25, 0.3) is 5.91 Å². The number of guanidine groups is 1. The predicted octanol–water partition coefficient (Wildman–Crippen LogP) is 3.93. The first kappa shape index (κ1) is 28.8. The zero-order valence-corrected chi connectivity index (χ0v) is 23.7. The smallest absolute Gasteiger partial charge is 0.253 e. The van der Waals surface area contributed by atoms with Gasteiger partial charge in [-0.3, -0.25) is 19.5 Å². The van der Waals surface area contributed by atoms with Crippen LogP contribution in [0.3, 0.4) is 0 Å². The van der Waals surface area contributed by atoms with E-state index in [0.717, 1.165) is 11.3 Å². The molecule has 2 amide bonds. The minimum Gasteiger partial charge on any atom is -0.487 e. The molecular formula is C31H37N5O4. The van der Waals surface area contributed by atoms with Gasteiger partial charge in [0, 0.05) is 31.5 Å². The number of aliphatic imine (C=N–C) groups is 1. The van der Waals surface area contributed by atoms with E-state index in [-0.39, 0.29) is 36.2 Å². The zero-order chi connectivity index (χ0) is 29.1. The highest BCUT2D eigenvalue weighted by Crippen LogP contribution is 2.39. The number of aromatic nitrogens is 1. The van der Waals surface area contributed by atoms with Crippen molar-refractivity contribution in [3.8, 4) is 18.1 Å². The summed E-state index contributed by atoms with van der Waals surface area (Å²) in [5.74, 6) is 2.81. The third kappa shape index (κ3) is 5.87. The molecule has 9 nitrogen and oxygen atoms in total. The number of terminal acetylenes is 1. The SMILES string of the molecule is C#C[C@@]1(C(C)C)CC(=O)N(C(/C=C/COC)c2cncc(C(=O)N[C@H]3CC(C)(C)Oc4ccccc43)c2)C(N)=N1. The number of nitrogens with one attached hydrogen (secondary N) is 1. The lowest BCUT2D eigenvalue weighted by Crippen LogP contribution is -2.53. The monoisotopic (exact) mass is 543 g/mol. The van der Waals surface area contributed by atoms with Crippen LogP contribution in [-0.4, -0.2) is 52.5 Å². The van der Waals surface area contributed by atoms with Crippen molar-refractivity contribution >= 4 is 17.8 Å². The van der Waals surface area contributed by atoms with Crippen LogP contribution < -0.4 is 15.8 Å². The number of ether oxygens (including phenoxy) is 2. The van der Waals surface area contributed by atoms with Gasteiger partial charge in [0.1, 0.15) is 16.9 Å². The fourth-order valence-corrected chi connectivity index (χ4v) is 5.17. The minimum atomic E-state index is -1.01. The molecule has 4 rings (SSSR count). The standard InChI is InChI=1S/C31H37N5O4/c1-7-31(20(2)3)17-27(37)36(29(32)35-31)25(12-10-14-39-6)21-15-22(19-33-18-21)28(38)34-24-16-30(4,5)40-26-13-9-8-11-23(24)26/h1,8-13,15,18-20,24-25H,14,16-17H2,2-6H3,(H2,32,35)(H,34,38)/b12-10+/t24-,25?,31-/m0/s1. The number of nitrogens with two attached hydrogens (primary N) is 1. The molecule has 1 aromatic heterocycles. The molecule has 1 aromatic carbocycles. The number of nitrogens with zero attached hydrogens (tertiary/aromatic N) is 3. The molecule has 0 fully saturated rings. The first-order valence-corrected chi connectivity index (χ1v) is 13.3. The van der Waals surface area contributed by atoms with Gasteiger partial charge in [-0.25, -0.2) is 4.99 Å². The van der Waals surface area contributed by atoms with Crippen molar-refractivity contribution in [3.05, 3.63) is 71.6 Å². The summed E-state index contributed by atoms with van der Waals surface area (Å²) in [6, 6.07) is 8.50. The molecule has 3 heterocycles. The van der Waals surface area contributed by atoms with E-state index < -0.39 is 17.2 Å². The van der Waals surface area contributed by atoms with E-state index in [1.807, 2.05) is 52.0 Å². The van der Waals surface area contributed by atoms with Crippen LogP contribution in [0.2, 0.25) is 0 Å². The van der Waals surface area contributed by atoms with Crippen molar-refractivity contribution in [1.29, 1.82) is 0 Å². The number of benzene rings is 1. The number of pyridine rings is 1. The Morgan fingerprint density at radius 2 is 2.10 bits per heavy atom. The molecule has 0 saturated heterocycles. The second kappa shape index (κ2) is 11.5. The molecule has 3 atom stereocenters. The molecular weight excluding hydrogens is 506 g/mol. The summed E-state index contributed by atoms with van der Waals surface area (Å²) >= 11 is 0. The van der Waals surface area contributed by atoms with Gasteiger partial charge in [-0.1, -0.05) is 50.1 Å². The fourth-order valence-electron chi connectivity index (χ4n) is 5.17. The van der Waals surface area contributed by atoms with Gasteiger partial charge in [-0.2, -0.15) is 0 Å². The Labute approximate surface area is 235 Å². The summed E-state index contributed by atoms with van der Waals surface area (Å²) in [6.45, 7) is 8.15. The average molecular weight is 544 g/mol. The third-order valence-electron chi connectivity index (χ3n) is 7.36. The quantitative estimate of drug-likeness (QED) is 0.385. The van der Waals surface area contributed by atoms with E-state index in [9.17, 15) is 9.59 Å². The molecule has 0 bridgehead atoms. The summed E-state index contributed by atoms with van der Waals surface area (Å²) in [5.41, 5.74) is 6.79. The van der Waals surface area contributed by atoms with Gasteiger partial charge in [0.15, 0.2) is 5.96 Å². The van der Waals surface area contributed by atoms with Crippen molar-refractivity contribution in [2.75, 3.05) is 13.7 Å². The predicted molar refractivity (Wildman–Crippen MR) is 153 cm³/mol. The first-order valence-electron chi connectivity index (χ1n) is 13.3. The van der Waals surface area contributed by atoms with Crippen LogP contribution in [0.5, 0.6) is 5.75 Å². The molecule has 1 unspecified atom stereocenters. The second-order valence-electron chi connectivity index (χ2n) is 11.1. The summed E-state index contributed by atoms with van der Waals surface area (Å²) in [4.78, 5) is 37.3. The van der Waals surface area contributed by atoms with Crippen LogP contribution in [0.25, 0.3) is 0 Å². The van der Waals surface area contributed by atoms with Gasteiger partial charge in [0.05, 0.1) is 30.7 Å². The van der Waals surface area contributed by atoms with E-state index in [1.165, 1.54) is 11.1 Å². The van der Waals surface area contributed by atoms with Gasteiger partial charge >= 0.3 is 0 Å². The van der Waals surface area contributed by atoms with Gasteiger partial charge in [-0.05, 0) is 37.5 Å². The van der Waals surface area contributed by atoms with E-state index >= 15 is 0 Å².